The minimum absolute atomic E-state index is 0.0314. The molecular weight excluding hydrogens is 266 g/mol. The SMILES string of the molecule is Cc1noc(CCCNC(=O)c2cc(C(=O)O)co2)n1. The van der Waals surface area contributed by atoms with Crippen molar-refractivity contribution in [2.24, 2.45) is 0 Å². The Hall–Kier alpha value is -2.64. The fourth-order valence-electron chi connectivity index (χ4n) is 1.54. The van der Waals surface area contributed by atoms with Crippen LogP contribution in [0, 0.1) is 6.92 Å². The van der Waals surface area contributed by atoms with Crippen molar-refractivity contribution in [3.63, 3.8) is 0 Å². The van der Waals surface area contributed by atoms with E-state index >= 15 is 0 Å². The molecule has 0 aliphatic rings. The molecule has 0 spiro atoms. The van der Waals surface area contributed by atoms with Crippen LogP contribution in [0.5, 0.6) is 0 Å². The molecule has 0 atom stereocenters. The molecule has 8 nitrogen and oxygen atoms in total. The van der Waals surface area contributed by atoms with Crippen LogP contribution in [0.15, 0.2) is 21.3 Å². The Morgan fingerprint density at radius 3 is 2.85 bits per heavy atom. The first-order valence-electron chi connectivity index (χ1n) is 5.95. The zero-order valence-electron chi connectivity index (χ0n) is 10.8. The lowest BCUT2D eigenvalue weighted by Gasteiger charge is -2.00. The smallest absolute Gasteiger partial charge is 0.338 e. The van der Waals surface area contributed by atoms with E-state index in [1.54, 1.807) is 6.92 Å². The number of amides is 1. The predicted octanol–water partition coefficient (Wildman–Crippen LogP) is 1.03. The summed E-state index contributed by atoms with van der Waals surface area (Å²) in [4.78, 5) is 26.3. The number of carbonyl (C=O) groups is 2. The number of rotatable bonds is 6. The summed E-state index contributed by atoms with van der Waals surface area (Å²) in [6, 6.07) is 1.18. The van der Waals surface area contributed by atoms with E-state index in [0.717, 1.165) is 6.26 Å². The lowest BCUT2D eigenvalue weighted by Crippen LogP contribution is -2.24. The Kier molecular flexibility index (Phi) is 4.14. The minimum atomic E-state index is -1.14. The molecule has 106 valence electrons. The molecule has 0 saturated heterocycles. The maximum absolute atomic E-state index is 11.6. The molecule has 0 radical (unpaired) electrons. The van der Waals surface area contributed by atoms with Crippen molar-refractivity contribution in [1.82, 2.24) is 15.5 Å². The van der Waals surface area contributed by atoms with Gasteiger partial charge in [-0.1, -0.05) is 5.16 Å². The zero-order chi connectivity index (χ0) is 14.5. The standard InChI is InChI=1S/C12H13N3O5/c1-7-14-10(20-15-7)3-2-4-13-11(16)9-5-8(6-19-9)12(17)18/h5-6H,2-4H2,1H3,(H,13,16)(H,17,18). The number of carboxylic acid groups (broad SMARTS) is 1. The van der Waals surface area contributed by atoms with Crippen LogP contribution >= 0.6 is 0 Å². The fourth-order valence-corrected chi connectivity index (χ4v) is 1.54. The van der Waals surface area contributed by atoms with Crippen LogP contribution in [-0.2, 0) is 6.42 Å². The van der Waals surface area contributed by atoms with Crippen LogP contribution in [0.2, 0.25) is 0 Å². The molecule has 0 unspecified atom stereocenters. The molecule has 0 saturated carbocycles. The van der Waals surface area contributed by atoms with Crippen LogP contribution in [0.4, 0.5) is 0 Å². The number of carbonyl (C=O) groups excluding carboxylic acids is 1. The maximum Gasteiger partial charge on any atom is 0.338 e. The van der Waals surface area contributed by atoms with Gasteiger partial charge >= 0.3 is 5.97 Å². The van der Waals surface area contributed by atoms with Crippen LogP contribution in [0.3, 0.4) is 0 Å². The number of aryl methyl sites for hydroxylation is 2. The fraction of sp³-hybridized carbons (Fsp3) is 0.333. The first-order valence-corrected chi connectivity index (χ1v) is 5.95. The van der Waals surface area contributed by atoms with Crippen molar-refractivity contribution >= 4 is 11.9 Å². The molecule has 2 aromatic rings. The lowest BCUT2D eigenvalue weighted by atomic mass is 10.3. The third kappa shape index (κ3) is 3.44. The van der Waals surface area contributed by atoms with E-state index in [4.69, 9.17) is 14.0 Å². The molecule has 0 aromatic carbocycles. The predicted molar refractivity (Wildman–Crippen MR) is 65.4 cm³/mol. The Labute approximate surface area is 113 Å². The van der Waals surface area contributed by atoms with Crippen molar-refractivity contribution in [2.75, 3.05) is 6.54 Å². The van der Waals surface area contributed by atoms with Crippen molar-refractivity contribution in [2.45, 2.75) is 19.8 Å². The van der Waals surface area contributed by atoms with Gasteiger partial charge in [0.2, 0.25) is 5.89 Å². The third-order valence-electron chi connectivity index (χ3n) is 2.49. The molecule has 2 rings (SSSR count). The third-order valence-corrected chi connectivity index (χ3v) is 2.49. The molecule has 0 aliphatic heterocycles. The first-order chi connectivity index (χ1) is 9.56. The molecular formula is C12H13N3O5. The lowest BCUT2D eigenvalue weighted by molar-refractivity contribution is 0.0696. The van der Waals surface area contributed by atoms with Gasteiger partial charge in [-0.05, 0) is 13.3 Å². The summed E-state index contributed by atoms with van der Waals surface area (Å²) in [5.41, 5.74) is -0.0588. The summed E-state index contributed by atoms with van der Waals surface area (Å²) in [6.45, 7) is 2.12. The van der Waals surface area contributed by atoms with Crippen molar-refractivity contribution < 1.29 is 23.6 Å². The maximum atomic E-state index is 11.6. The number of nitrogens with zero attached hydrogens (tertiary/aromatic N) is 2. The quantitative estimate of drug-likeness (QED) is 0.758. The van der Waals surface area contributed by atoms with Crippen LogP contribution < -0.4 is 5.32 Å². The number of hydrogen-bond donors (Lipinski definition) is 2. The van der Waals surface area contributed by atoms with Crippen molar-refractivity contribution in [1.29, 1.82) is 0 Å². The van der Waals surface area contributed by atoms with E-state index in [0.29, 0.717) is 31.1 Å². The van der Waals surface area contributed by atoms with Gasteiger partial charge < -0.3 is 19.4 Å². The number of furan rings is 1. The molecule has 8 heteroatoms. The first kappa shape index (κ1) is 13.8. The van der Waals surface area contributed by atoms with Gasteiger partial charge in [0.05, 0.1) is 5.56 Å². The van der Waals surface area contributed by atoms with Gasteiger partial charge in [0, 0.05) is 19.0 Å². The van der Waals surface area contributed by atoms with Gasteiger partial charge in [-0.3, -0.25) is 4.79 Å². The highest BCUT2D eigenvalue weighted by molar-refractivity contribution is 5.95. The highest BCUT2D eigenvalue weighted by atomic mass is 16.5. The molecule has 0 aliphatic carbocycles. The average molecular weight is 279 g/mol. The van der Waals surface area contributed by atoms with Crippen LogP contribution in [-0.4, -0.2) is 33.7 Å². The number of hydrogen-bond acceptors (Lipinski definition) is 6. The molecule has 2 aromatic heterocycles. The highest BCUT2D eigenvalue weighted by Crippen LogP contribution is 2.07. The Bertz CT molecular complexity index is 616. The largest absolute Gasteiger partial charge is 0.478 e. The van der Waals surface area contributed by atoms with E-state index in [-0.39, 0.29) is 11.3 Å². The van der Waals surface area contributed by atoms with Crippen LogP contribution in [0.25, 0.3) is 0 Å². The normalized spacial score (nSPS) is 10.4. The Morgan fingerprint density at radius 2 is 2.25 bits per heavy atom. The van der Waals surface area contributed by atoms with Crippen molar-refractivity contribution in [3.05, 3.63) is 35.4 Å². The van der Waals surface area contributed by atoms with Gasteiger partial charge in [-0.25, -0.2) is 4.79 Å². The summed E-state index contributed by atoms with van der Waals surface area (Å²) in [7, 11) is 0. The van der Waals surface area contributed by atoms with E-state index < -0.39 is 11.9 Å². The second-order valence-electron chi connectivity index (χ2n) is 4.10. The van der Waals surface area contributed by atoms with Gasteiger partial charge in [-0.15, -0.1) is 0 Å². The van der Waals surface area contributed by atoms with Gasteiger partial charge in [-0.2, -0.15) is 4.98 Å². The average Bonchev–Trinajstić information content (AvgIpc) is 3.03. The Morgan fingerprint density at radius 1 is 1.45 bits per heavy atom. The van der Waals surface area contributed by atoms with Crippen LogP contribution in [0.1, 0.15) is 39.0 Å². The summed E-state index contributed by atoms with van der Waals surface area (Å²) in [5, 5.41) is 15.0. The summed E-state index contributed by atoms with van der Waals surface area (Å²) in [5.74, 6) is -0.543. The monoisotopic (exact) mass is 279 g/mol. The molecule has 2 heterocycles. The van der Waals surface area contributed by atoms with E-state index in [9.17, 15) is 9.59 Å². The molecule has 2 N–H and O–H groups in total. The number of aromatic nitrogens is 2. The number of aromatic carboxylic acids is 1. The molecule has 0 fully saturated rings. The van der Waals surface area contributed by atoms with Gasteiger partial charge in [0.1, 0.15) is 6.26 Å². The van der Waals surface area contributed by atoms with E-state index in [1.165, 1.54) is 6.07 Å². The summed E-state index contributed by atoms with van der Waals surface area (Å²) in [6.07, 6.45) is 2.21. The second kappa shape index (κ2) is 6.00. The topological polar surface area (TPSA) is 118 Å². The van der Waals surface area contributed by atoms with E-state index in [1.807, 2.05) is 0 Å². The molecule has 1 amide bonds. The molecule has 20 heavy (non-hydrogen) atoms. The van der Waals surface area contributed by atoms with Gasteiger partial charge in [0.25, 0.3) is 5.91 Å². The zero-order valence-corrected chi connectivity index (χ0v) is 10.8. The summed E-state index contributed by atoms with van der Waals surface area (Å²) < 4.78 is 9.80. The van der Waals surface area contributed by atoms with E-state index in [2.05, 4.69) is 15.5 Å². The highest BCUT2D eigenvalue weighted by Gasteiger charge is 2.14. The Balaban J connectivity index is 1.75. The van der Waals surface area contributed by atoms with Crippen molar-refractivity contribution in [3.8, 4) is 0 Å². The summed E-state index contributed by atoms with van der Waals surface area (Å²) >= 11 is 0. The minimum Gasteiger partial charge on any atom is -0.478 e. The number of carboxylic acids is 1. The number of nitrogens with one attached hydrogen (secondary N) is 1. The van der Waals surface area contributed by atoms with Gasteiger partial charge in [0.15, 0.2) is 11.6 Å². The second-order valence-corrected chi connectivity index (χ2v) is 4.10. The molecule has 0 bridgehead atoms.